The smallest absolute Gasteiger partial charge is 0.240 e. The molecule has 2 aliphatic heterocycles. The molecule has 0 radical (unpaired) electrons. The number of hydrogen-bond donors (Lipinski definition) is 0. The van der Waals surface area contributed by atoms with Crippen LogP contribution < -0.4 is 14.4 Å². The molecule has 2 aliphatic rings. The lowest BCUT2D eigenvalue weighted by atomic mass is 10.1. The van der Waals surface area contributed by atoms with Gasteiger partial charge in [0.1, 0.15) is 6.61 Å². The number of hydrogen-bond acceptors (Lipinski definition) is 6. The van der Waals surface area contributed by atoms with Crippen molar-refractivity contribution in [2.24, 2.45) is 7.05 Å². The number of thioether (sulfide) groups is 1. The Morgan fingerprint density at radius 3 is 2.71 bits per heavy atom. The largest absolute Gasteiger partial charge is 0.485 e. The molecular weight excluding hydrogens is 412 g/mol. The van der Waals surface area contributed by atoms with Crippen molar-refractivity contribution in [2.75, 3.05) is 11.5 Å². The zero-order valence-corrected chi connectivity index (χ0v) is 18.5. The van der Waals surface area contributed by atoms with Crippen molar-refractivity contribution in [1.29, 1.82) is 0 Å². The van der Waals surface area contributed by atoms with Crippen molar-refractivity contribution in [2.45, 2.75) is 42.8 Å². The van der Waals surface area contributed by atoms with Gasteiger partial charge in [-0.15, -0.1) is 10.2 Å². The zero-order valence-electron chi connectivity index (χ0n) is 17.7. The SMILES string of the molecule is C[C@H](Sc1nnc([C@@H]2COc3ccccc3O2)n1C)C(=O)N1c2ccccc2C[C@H]1C. The second-order valence-corrected chi connectivity index (χ2v) is 9.22. The zero-order chi connectivity index (χ0) is 21.5. The van der Waals surface area contributed by atoms with Gasteiger partial charge in [0.15, 0.2) is 28.6 Å². The molecule has 3 aromatic rings. The van der Waals surface area contributed by atoms with Gasteiger partial charge in [0.05, 0.1) is 5.25 Å². The van der Waals surface area contributed by atoms with Crippen LogP contribution in [-0.2, 0) is 18.3 Å². The minimum Gasteiger partial charge on any atom is -0.485 e. The van der Waals surface area contributed by atoms with Gasteiger partial charge in [0.2, 0.25) is 5.91 Å². The number of benzene rings is 2. The van der Waals surface area contributed by atoms with Crippen LogP contribution in [-0.4, -0.2) is 38.6 Å². The Balaban J connectivity index is 1.31. The molecule has 0 bridgehead atoms. The maximum absolute atomic E-state index is 13.3. The van der Waals surface area contributed by atoms with E-state index in [-0.39, 0.29) is 23.3 Å². The fourth-order valence-electron chi connectivity index (χ4n) is 4.16. The molecule has 0 N–H and O–H groups in total. The number of amides is 1. The average molecular weight is 437 g/mol. The average Bonchev–Trinajstić information content (AvgIpc) is 3.31. The minimum absolute atomic E-state index is 0.0816. The number of aromatic nitrogens is 3. The summed E-state index contributed by atoms with van der Waals surface area (Å²) in [6.45, 7) is 4.38. The van der Waals surface area contributed by atoms with E-state index in [2.05, 4.69) is 23.2 Å². The van der Waals surface area contributed by atoms with Crippen LogP contribution in [0.4, 0.5) is 5.69 Å². The summed E-state index contributed by atoms with van der Waals surface area (Å²) in [4.78, 5) is 15.2. The number of fused-ring (bicyclic) bond motifs is 2. The van der Waals surface area contributed by atoms with E-state index in [0.717, 1.165) is 17.9 Å². The first-order chi connectivity index (χ1) is 15.0. The van der Waals surface area contributed by atoms with Gasteiger partial charge in [-0.1, -0.05) is 42.1 Å². The summed E-state index contributed by atoms with van der Waals surface area (Å²) >= 11 is 1.41. The molecule has 0 spiro atoms. The molecule has 31 heavy (non-hydrogen) atoms. The number of rotatable bonds is 4. The summed E-state index contributed by atoms with van der Waals surface area (Å²) in [6, 6.07) is 15.9. The van der Waals surface area contributed by atoms with E-state index in [1.54, 1.807) is 0 Å². The summed E-state index contributed by atoms with van der Waals surface area (Å²) in [5, 5.41) is 9.05. The van der Waals surface area contributed by atoms with Crippen molar-refractivity contribution in [3.05, 3.63) is 59.9 Å². The molecule has 1 amide bonds. The molecule has 0 fully saturated rings. The predicted octanol–water partition coefficient (Wildman–Crippen LogP) is 3.79. The first-order valence-electron chi connectivity index (χ1n) is 10.4. The highest BCUT2D eigenvalue weighted by molar-refractivity contribution is 8.00. The molecule has 1 aromatic heterocycles. The van der Waals surface area contributed by atoms with Crippen LogP contribution in [0.1, 0.15) is 31.3 Å². The lowest BCUT2D eigenvalue weighted by Gasteiger charge is -2.26. The highest BCUT2D eigenvalue weighted by Crippen LogP contribution is 2.37. The fourth-order valence-corrected chi connectivity index (χ4v) is 5.03. The van der Waals surface area contributed by atoms with Gasteiger partial charge in [-0.3, -0.25) is 4.79 Å². The summed E-state index contributed by atoms with van der Waals surface area (Å²) in [5.41, 5.74) is 2.23. The monoisotopic (exact) mass is 436 g/mol. The van der Waals surface area contributed by atoms with Crippen molar-refractivity contribution >= 4 is 23.4 Å². The second kappa shape index (κ2) is 7.92. The Labute approximate surface area is 185 Å². The van der Waals surface area contributed by atoms with E-state index in [4.69, 9.17) is 9.47 Å². The maximum Gasteiger partial charge on any atom is 0.240 e. The quantitative estimate of drug-likeness (QED) is 0.580. The van der Waals surface area contributed by atoms with Gasteiger partial charge >= 0.3 is 0 Å². The van der Waals surface area contributed by atoms with Crippen LogP contribution in [0, 0.1) is 0 Å². The van der Waals surface area contributed by atoms with Gasteiger partial charge in [0, 0.05) is 18.8 Å². The molecule has 3 atom stereocenters. The second-order valence-electron chi connectivity index (χ2n) is 7.91. The van der Waals surface area contributed by atoms with E-state index in [1.807, 2.05) is 65.9 Å². The number of carbonyl (C=O) groups excluding carboxylic acids is 1. The lowest BCUT2D eigenvalue weighted by Crippen LogP contribution is -2.40. The number of nitrogens with zero attached hydrogens (tertiary/aromatic N) is 4. The number of anilines is 1. The molecule has 2 aromatic carbocycles. The third kappa shape index (κ3) is 3.54. The van der Waals surface area contributed by atoms with Crippen LogP contribution in [0.3, 0.4) is 0 Å². The van der Waals surface area contributed by atoms with E-state index >= 15 is 0 Å². The summed E-state index contributed by atoms with van der Waals surface area (Å²) in [5.74, 6) is 2.19. The van der Waals surface area contributed by atoms with Crippen LogP contribution in [0.5, 0.6) is 11.5 Å². The van der Waals surface area contributed by atoms with E-state index < -0.39 is 0 Å². The van der Waals surface area contributed by atoms with E-state index in [0.29, 0.717) is 23.3 Å². The van der Waals surface area contributed by atoms with Gasteiger partial charge in [-0.2, -0.15) is 0 Å². The molecule has 0 unspecified atom stereocenters. The van der Waals surface area contributed by atoms with Crippen molar-refractivity contribution in [1.82, 2.24) is 14.8 Å². The molecule has 0 saturated carbocycles. The normalized spacial score (nSPS) is 20.4. The number of ether oxygens (including phenoxy) is 2. The molecule has 8 heteroatoms. The highest BCUT2D eigenvalue weighted by atomic mass is 32.2. The van der Waals surface area contributed by atoms with Crippen LogP contribution in [0.15, 0.2) is 53.7 Å². The Morgan fingerprint density at radius 1 is 1.13 bits per heavy atom. The van der Waals surface area contributed by atoms with Crippen molar-refractivity contribution in [3.8, 4) is 11.5 Å². The molecule has 5 rings (SSSR count). The first kappa shape index (κ1) is 19.9. The van der Waals surface area contributed by atoms with Gasteiger partial charge < -0.3 is 18.9 Å². The Kier molecular flexibility index (Phi) is 5.09. The third-order valence-electron chi connectivity index (χ3n) is 5.74. The number of carbonyl (C=O) groups is 1. The van der Waals surface area contributed by atoms with Crippen LogP contribution in [0.2, 0.25) is 0 Å². The third-order valence-corrected chi connectivity index (χ3v) is 6.86. The fraction of sp³-hybridized carbons (Fsp3) is 0.348. The molecule has 0 saturated heterocycles. The predicted molar refractivity (Wildman–Crippen MR) is 119 cm³/mol. The summed E-state index contributed by atoms with van der Waals surface area (Å²) in [6.07, 6.45) is 0.534. The lowest BCUT2D eigenvalue weighted by molar-refractivity contribution is -0.118. The standard InChI is InChI=1S/C23H24N4O3S/c1-14-12-16-8-4-5-9-17(16)27(14)22(28)15(2)31-23-25-24-21(26(23)3)20-13-29-18-10-6-7-11-19(18)30-20/h4-11,14-15,20H,12-13H2,1-3H3/t14-,15+,20+/m1/s1. The summed E-state index contributed by atoms with van der Waals surface area (Å²) in [7, 11) is 1.90. The summed E-state index contributed by atoms with van der Waals surface area (Å²) < 4.78 is 13.8. The molecular formula is C23H24N4O3S. The molecule has 160 valence electrons. The minimum atomic E-state index is -0.349. The van der Waals surface area contributed by atoms with E-state index in [9.17, 15) is 4.79 Å². The van der Waals surface area contributed by atoms with Crippen LogP contribution >= 0.6 is 11.8 Å². The van der Waals surface area contributed by atoms with Crippen LogP contribution in [0.25, 0.3) is 0 Å². The van der Waals surface area contributed by atoms with Crippen molar-refractivity contribution < 1.29 is 14.3 Å². The molecule has 7 nitrogen and oxygen atoms in total. The molecule has 0 aliphatic carbocycles. The van der Waals surface area contributed by atoms with Gasteiger partial charge in [-0.25, -0.2) is 0 Å². The molecule has 3 heterocycles. The first-order valence-corrected chi connectivity index (χ1v) is 11.3. The van der Waals surface area contributed by atoms with Crippen molar-refractivity contribution in [3.63, 3.8) is 0 Å². The van der Waals surface area contributed by atoms with Gasteiger partial charge in [-0.05, 0) is 44.0 Å². The topological polar surface area (TPSA) is 69.5 Å². The Hall–Kier alpha value is -3.00. The maximum atomic E-state index is 13.3. The Morgan fingerprint density at radius 2 is 1.87 bits per heavy atom. The Bertz CT molecular complexity index is 1130. The number of para-hydroxylation sites is 3. The van der Waals surface area contributed by atoms with Gasteiger partial charge in [0.25, 0.3) is 0 Å². The highest BCUT2D eigenvalue weighted by Gasteiger charge is 2.34. The van der Waals surface area contributed by atoms with E-state index in [1.165, 1.54) is 17.3 Å².